The molecule has 0 radical (unpaired) electrons. The Hall–Kier alpha value is -3.88. The number of fused-ring (bicyclic) bond motifs is 1. The van der Waals surface area contributed by atoms with E-state index in [2.05, 4.69) is 0 Å². The zero-order valence-electron chi connectivity index (χ0n) is 16.9. The monoisotopic (exact) mass is 445 g/mol. The number of aliphatic hydroxyl groups excluding tert-OH is 1. The zero-order chi connectivity index (χ0) is 22.7. The van der Waals surface area contributed by atoms with Gasteiger partial charge in [-0.3, -0.25) is 24.0 Å². The molecule has 1 atom stereocenters. The molecular formula is C24H19N3O4S. The zero-order valence-corrected chi connectivity index (χ0v) is 17.7. The summed E-state index contributed by atoms with van der Waals surface area (Å²) in [5.41, 5.74) is 1.38. The molecule has 0 aliphatic carbocycles. The molecule has 0 saturated carbocycles. The fourth-order valence-corrected chi connectivity index (χ4v) is 3.85. The van der Waals surface area contributed by atoms with Crippen molar-refractivity contribution in [2.24, 2.45) is 0 Å². The minimum absolute atomic E-state index is 0.107. The van der Waals surface area contributed by atoms with Gasteiger partial charge in [-0.25, -0.2) is 0 Å². The highest BCUT2D eigenvalue weighted by Crippen LogP contribution is 2.22. The molecule has 7 nitrogen and oxygen atoms in total. The second-order valence-corrected chi connectivity index (χ2v) is 7.54. The first-order valence-electron chi connectivity index (χ1n) is 9.84. The van der Waals surface area contributed by atoms with Gasteiger partial charge in [-0.15, -0.1) is 0 Å². The largest absolute Gasteiger partial charge is 0.369 e. The third-order valence-electron chi connectivity index (χ3n) is 5.07. The number of benzene rings is 3. The molecule has 0 bridgehead atoms. The molecule has 32 heavy (non-hydrogen) atoms. The SMILES string of the molecule is O=c1c2cc([N+](=O)[O-])ccc2n(C(O)/C=C/c2ccccc2)c(=S)n1Cc1ccccc1. The number of hydrogen-bond acceptors (Lipinski definition) is 5. The molecule has 1 N–H and O–H groups in total. The Kier molecular flexibility index (Phi) is 6.07. The van der Waals surface area contributed by atoms with E-state index < -0.39 is 16.7 Å². The molecule has 4 rings (SSSR count). The summed E-state index contributed by atoms with van der Waals surface area (Å²) in [4.78, 5) is 24.0. The Balaban J connectivity index is 1.91. The van der Waals surface area contributed by atoms with Crippen molar-refractivity contribution in [2.75, 3.05) is 0 Å². The number of nitro groups is 1. The van der Waals surface area contributed by atoms with Gasteiger partial charge in [-0.2, -0.15) is 0 Å². The van der Waals surface area contributed by atoms with Gasteiger partial charge in [0, 0.05) is 12.1 Å². The molecule has 0 saturated heterocycles. The van der Waals surface area contributed by atoms with E-state index in [0.29, 0.717) is 5.52 Å². The van der Waals surface area contributed by atoms with Crippen LogP contribution in [0, 0.1) is 14.9 Å². The number of nitro benzene ring substituents is 1. The second-order valence-electron chi connectivity index (χ2n) is 7.17. The maximum absolute atomic E-state index is 13.2. The molecule has 0 spiro atoms. The number of non-ortho nitro benzene ring substituents is 1. The maximum atomic E-state index is 13.2. The summed E-state index contributed by atoms with van der Waals surface area (Å²) in [7, 11) is 0. The summed E-state index contributed by atoms with van der Waals surface area (Å²) in [5, 5.41) is 22.4. The van der Waals surface area contributed by atoms with Gasteiger partial charge >= 0.3 is 0 Å². The maximum Gasteiger partial charge on any atom is 0.270 e. The van der Waals surface area contributed by atoms with Crippen LogP contribution in [0.4, 0.5) is 5.69 Å². The van der Waals surface area contributed by atoms with Crippen molar-refractivity contribution in [3.8, 4) is 0 Å². The van der Waals surface area contributed by atoms with Crippen LogP contribution < -0.4 is 5.56 Å². The summed E-state index contributed by atoms with van der Waals surface area (Å²) < 4.78 is 2.89. The number of aromatic nitrogens is 2. The van der Waals surface area contributed by atoms with Crippen LogP contribution in [0.5, 0.6) is 0 Å². The fraction of sp³-hybridized carbons (Fsp3) is 0.0833. The standard InChI is InChI=1S/C24H19N3O4S/c28-22(14-11-17-7-3-1-4-8-17)26-21-13-12-19(27(30)31)15-20(21)23(29)25(24(26)32)16-18-9-5-2-6-10-18/h1-15,22,28H,16H2/b14-11+. The Labute approximate surface area is 188 Å². The summed E-state index contributed by atoms with van der Waals surface area (Å²) in [5.74, 6) is 0. The highest BCUT2D eigenvalue weighted by Gasteiger charge is 2.18. The Morgan fingerprint density at radius 2 is 1.69 bits per heavy atom. The van der Waals surface area contributed by atoms with Crippen molar-refractivity contribution in [2.45, 2.75) is 12.8 Å². The fourth-order valence-electron chi connectivity index (χ4n) is 3.49. The van der Waals surface area contributed by atoms with Crippen molar-refractivity contribution in [3.63, 3.8) is 0 Å². The van der Waals surface area contributed by atoms with Crippen LogP contribution in [0.1, 0.15) is 17.4 Å². The highest BCUT2D eigenvalue weighted by molar-refractivity contribution is 7.71. The smallest absolute Gasteiger partial charge is 0.270 e. The lowest BCUT2D eigenvalue weighted by molar-refractivity contribution is -0.384. The minimum Gasteiger partial charge on any atom is -0.369 e. The van der Waals surface area contributed by atoms with E-state index in [1.54, 1.807) is 12.2 Å². The molecule has 1 aromatic heterocycles. The van der Waals surface area contributed by atoms with Gasteiger partial charge in [0.05, 0.1) is 22.4 Å². The Morgan fingerprint density at radius 1 is 1.03 bits per heavy atom. The third kappa shape index (κ3) is 4.27. The van der Waals surface area contributed by atoms with Crippen molar-refractivity contribution in [3.05, 3.63) is 121 Å². The van der Waals surface area contributed by atoms with Gasteiger partial charge in [-0.1, -0.05) is 66.7 Å². The van der Waals surface area contributed by atoms with Crippen LogP contribution in [0.15, 0.2) is 89.7 Å². The lowest BCUT2D eigenvalue weighted by atomic mass is 10.2. The average molecular weight is 446 g/mol. The average Bonchev–Trinajstić information content (AvgIpc) is 2.81. The second kappa shape index (κ2) is 9.09. The molecule has 4 aromatic rings. The van der Waals surface area contributed by atoms with Gasteiger partial charge in [0.1, 0.15) is 0 Å². The molecular weight excluding hydrogens is 426 g/mol. The Bertz CT molecular complexity index is 1430. The first-order chi connectivity index (χ1) is 15.5. The van der Waals surface area contributed by atoms with E-state index in [1.165, 1.54) is 27.3 Å². The number of hydrogen-bond donors (Lipinski definition) is 1. The molecule has 160 valence electrons. The normalized spacial score (nSPS) is 12.3. The van der Waals surface area contributed by atoms with Crippen LogP contribution in [0.2, 0.25) is 0 Å². The molecule has 0 fully saturated rings. The van der Waals surface area contributed by atoms with Crippen LogP contribution >= 0.6 is 12.2 Å². The molecule has 1 unspecified atom stereocenters. The summed E-state index contributed by atoms with van der Waals surface area (Å²) in [6, 6.07) is 22.7. The summed E-state index contributed by atoms with van der Waals surface area (Å²) in [6.07, 6.45) is 2.12. The predicted molar refractivity (Wildman–Crippen MR) is 126 cm³/mol. The molecule has 0 aliphatic rings. The predicted octanol–water partition coefficient (Wildman–Crippen LogP) is 4.69. The van der Waals surface area contributed by atoms with Gasteiger partial charge < -0.3 is 5.11 Å². The van der Waals surface area contributed by atoms with Crippen LogP contribution in [0.3, 0.4) is 0 Å². The van der Waals surface area contributed by atoms with Gasteiger partial charge in [0.25, 0.3) is 11.2 Å². The van der Waals surface area contributed by atoms with Crippen molar-refractivity contribution < 1.29 is 10.0 Å². The molecule has 8 heteroatoms. The summed E-state index contributed by atoms with van der Waals surface area (Å²) >= 11 is 5.60. The van der Waals surface area contributed by atoms with Crippen molar-refractivity contribution in [1.82, 2.24) is 9.13 Å². The first-order valence-corrected chi connectivity index (χ1v) is 10.3. The minimum atomic E-state index is -1.19. The van der Waals surface area contributed by atoms with E-state index in [9.17, 15) is 20.0 Å². The van der Waals surface area contributed by atoms with E-state index in [0.717, 1.165) is 11.1 Å². The number of rotatable bonds is 6. The van der Waals surface area contributed by atoms with E-state index in [1.807, 2.05) is 60.7 Å². The molecule has 0 aliphatic heterocycles. The van der Waals surface area contributed by atoms with Crippen LogP contribution in [-0.2, 0) is 6.54 Å². The van der Waals surface area contributed by atoms with Crippen molar-refractivity contribution >= 4 is 34.9 Å². The van der Waals surface area contributed by atoms with Crippen molar-refractivity contribution in [1.29, 1.82) is 0 Å². The summed E-state index contributed by atoms with van der Waals surface area (Å²) in [6.45, 7) is 0.173. The van der Waals surface area contributed by atoms with E-state index in [-0.39, 0.29) is 22.4 Å². The van der Waals surface area contributed by atoms with Crippen LogP contribution in [0.25, 0.3) is 17.0 Å². The molecule has 3 aromatic carbocycles. The molecule has 0 amide bonds. The number of nitrogens with zero attached hydrogens (tertiary/aromatic N) is 3. The topological polar surface area (TPSA) is 90.3 Å². The van der Waals surface area contributed by atoms with Gasteiger partial charge in [0.2, 0.25) is 0 Å². The third-order valence-corrected chi connectivity index (χ3v) is 5.49. The van der Waals surface area contributed by atoms with Gasteiger partial charge in [0.15, 0.2) is 11.0 Å². The number of aliphatic hydroxyl groups is 1. The Morgan fingerprint density at radius 3 is 2.34 bits per heavy atom. The highest BCUT2D eigenvalue weighted by atomic mass is 32.1. The lowest BCUT2D eigenvalue weighted by Crippen LogP contribution is -2.27. The van der Waals surface area contributed by atoms with E-state index >= 15 is 0 Å². The lowest BCUT2D eigenvalue weighted by Gasteiger charge is -2.19. The quantitative estimate of drug-likeness (QED) is 0.264. The van der Waals surface area contributed by atoms with E-state index in [4.69, 9.17) is 12.2 Å². The first kappa shape index (κ1) is 21.4. The van der Waals surface area contributed by atoms with Crippen LogP contribution in [-0.4, -0.2) is 19.2 Å². The van der Waals surface area contributed by atoms with Gasteiger partial charge in [-0.05, 0) is 35.5 Å². The molecule has 1 heterocycles.